The predicted molar refractivity (Wildman–Crippen MR) is 116 cm³/mol. The molecule has 2 aliphatic rings. The molecule has 2 aromatic rings. The molecule has 184 valence electrons. The highest BCUT2D eigenvalue weighted by Gasteiger charge is 2.48. The SMILES string of the molecule is C[C@H]1C[C@@]2(CCN1Cc1cnn(CC(C)(O)CO)c1)OCCc1c2sc(C(F)(F)F)c1CO. The fourth-order valence-electron chi connectivity index (χ4n) is 4.98. The summed E-state index contributed by atoms with van der Waals surface area (Å²) in [6.07, 6.45) is 0.584. The summed E-state index contributed by atoms with van der Waals surface area (Å²) in [5.41, 5.74) is -0.445. The third-order valence-corrected chi connectivity index (χ3v) is 8.15. The molecule has 1 fully saturated rings. The Hall–Kier alpha value is -1.50. The molecular weight excluding hydrogens is 459 g/mol. The number of aliphatic hydroxyl groups excluding tert-OH is 2. The van der Waals surface area contributed by atoms with Crippen LogP contribution < -0.4 is 0 Å². The Kier molecular flexibility index (Phi) is 6.67. The quantitative estimate of drug-likeness (QED) is 0.578. The number of likely N-dealkylation sites (tertiary alicyclic amines) is 1. The number of rotatable bonds is 6. The number of halogens is 3. The Morgan fingerprint density at radius 3 is 2.73 bits per heavy atom. The molecule has 11 heteroatoms. The lowest BCUT2D eigenvalue weighted by atomic mass is 9.81. The molecule has 3 N–H and O–H groups in total. The van der Waals surface area contributed by atoms with Gasteiger partial charge in [-0.15, -0.1) is 11.3 Å². The molecular formula is C22H30F3N3O4S. The van der Waals surface area contributed by atoms with Gasteiger partial charge in [0.25, 0.3) is 0 Å². The summed E-state index contributed by atoms with van der Waals surface area (Å²) >= 11 is 0.731. The van der Waals surface area contributed by atoms with Crippen molar-refractivity contribution in [2.75, 3.05) is 19.8 Å². The Morgan fingerprint density at radius 1 is 1.33 bits per heavy atom. The van der Waals surface area contributed by atoms with Crippen molar-refractivity contribution in [2.45, 2.75) is 76.2 Å². The third-order valence-electron chi connectivity index (χ3n) is 6.64. The molecule has 0 radical (unpaired) electrons. The summed E-state index contributed by atoms with van der Waals surface area (Å²) in [6, 6.07) is 0.0580. The second-order valence-corrected chi connectivity index (χ2v) is 10.5. The first-order valence-corrected chi connectivity index (χ1v) is 11.9. The van der Waals surface area contributed by atoms with E-state index < -0.39 is 28.9 Å². The number of hydrogen-bond donors (Lipinski definition) is 3. The molecule has 2 aromatic heterocycles. The van der Waals surface area contributed by atoms with E-state index >= 15 is 0 Å². The van der Waals surface area contributed by atoms with Gasteiger partial charge in [0.15, 0.2) is 0 Å². The number of ether oxygens (including phenoxy) is 1. The fourth-order valence-corrected chi connectivity index (χ4v) is 6.38. The van der Waals surface area contributed by atoms with E-state index in [1.807, 2.05) is 13.1 Å². The van der Waals surface area contributed by atoms with Crippen molar-refractivity contribution in [1.82, 2.24) is 14.7 Å². The third kappa shape index (κ3) is 4.85. The van der Waals surface area contributed by atoms with Crippen molar-refractivity contribution in [1.29, 1.82) is 0 Å². The van der Waals surface area contributed by atoms with Gasteiger partial charge in [-0.1, -0.05) is 0 Å². The first-order valence-electron chi connectivity index (χ1n) is 11.0. The highest BCUT2D eigenvalue weighted by Crippen LogP contribution is 2.51. The largest absolute Gasteiger partial charge is 0.425 e. The average Bonchev–Trinajstić information content (AvgIpc) is 3.34. The minimum atomic E-state index is -4.49. The molecule has 33 heavy (non-hydrogen) atoms. The minimum Gasteiger partial charge on any atom is -0.393 e. The summed E-state index contributed by atoms with van der Waals surface area (Å²) in [6.45, 7) is 4.38. The highest BCUT2D eigenvalue weighted by atomic mass is 32.1. The zero-order valence-electron chi connectivity index (χ0n) is 18.7. The van der Waals surface area contributed by atoms with Gasteiger partial charge in [0.2, 0.25) is 0 Å². The minimum absolute atomic E-state index is 0.00596. The second-order valence-electron chi connectivity index (χ2n) is 9.44. The van der Waals surface area contributed by atoms with E-state index in [0.717, 1.165) is 16.9 Å². The van der Waals surface area contributed by atoms with Crippen molar-refractivity contribution in [3.8, 4) is 0 Å². The maximum absolute atomic E-state index is 13.6. The van der Waals surface area contributed by atoms with Crippen molar-refractivity contribution in [2.24, 2.45) is 0 Å². The predicted octanol–water partition coefficient (Wildman–Crippen LogP) is 2.65. The molecule has 2 aliphatic heterocycles. The molecule has 3 atom stereocenters. The van der Waals surface area contributed by atoms with Gasteiger partial charge in [0, 0.05) is 41.3 Å². The molecule has 4 heterocycles. The lowest BCUT2D eigenvalue weighted by Gasteiger charge is -2.47. The average molecular weight is 490 g/mol. The van der Waals surface area contributed by atoms with Crippen LogP contribution in [0.3, 0.4) is 0 Å². The van der Waals surface area contributed by atoms with Gasteiger partial charge in [-0.3, -0.25) is 9.58 Å². The Labute approximate surface area is 194 Å². The van der Waals surface area contributed by atoms with Crippen molar-refractivity contribution in [3.05, 3.63) is 38.8 Å². The number of piperidine rings is 1. The zero-order chi connectivity index (χ0) is 24.0. The molecule has 0 amide bonds. The smallest absolute Gasteiger partial charge is 0.393 e. The van der Waals surface area contributed by atoms with Crippen LogP contribution in [0.5, 0.6) is 0 Å². The van der Waals surface area contributed by atoms with E-state index in [2.05, 4.69) is 10.00 Å². The Balaban J connectivity index is 1.51. The number of alkyl halides is 3. The van der Waals surface area contributed by atoms with E-state index in [1.165, 1.54) is 6.92 Å². The van der Waals surface area contributed by atoms with Gasteiger partial charge in [-0.05, 0) is 38.7 Å². The summed E-state index contributed by atoms with van der Waals surface area (Å²) in [5.74, 6) is 0. The van der Waals surface area contributed by atoms with E-state index in [4.69, 9.17) is 4.74 Å². The monoisotopic (exact) mass is 489 g/mol. The first-order chi connectivity index (χ1) is 15.5. The van der Waals surface area contributed by atoms with E-state index in [1.54, 1.807) is 10.9 Å². The normalized spacial score (nSPS) is 25.9. The van der Waals surface area contributed by atoms with Gasteiger partial charge < -0.3 is 20.1 Å². The maximum Gasteiger partial charge on any atom is 0.425 e. The van der Waals surface area contributed by atoms with Crippen LogP contribution >= 0.6 is 11.3 Å². The number of nitrogens with zero attached hydrogens (tertiary/aromatic N) is 3. The molecule has 1 saturated heterocycles. The van der Waals surface area contributed by atoms with Crippen LogP contribution in [0.2, 0.25) is 0 Å². The summed E-state index contributed by atoms with van der Waals surface area (Å²) in [7, 11) is 0. The number of aliphatic hydroxyl groups is 3. The molecule has 0 saturated carbocycles. The van der Waals surface area contributed by atoms with Gasteiger partial charge in [0.1, 0.15) is 16.1 Å². The number of thiophene rings is 1. The summed E-state index contributed by atoms with van der Waals surface area (Å²) < 4.78 is 48.6. The maximum atomic E-state index is 13.6. The Morgan fingerprint density at radius 2 is 2.09 bits per heavy atom. The fraction of sp³-hybridized carbons (Fsp3) is 0.682. The van der Waals surface area contributed by atoms with Crippen LogP contribution in [0.15, 0.2) is 12.4 Å². The number of hydrogen-bond acceptors (Lipinski definition) is 7. The highest BCUT2D eigenvalue weighted by molar-refractivity contribution is 7.12. The van der Waals surface area contributed by atoms with E-state index in [9.17, 15) is 28.5 Å². The van der Waals surface area contributed by atoms with Crippen molar-refractivity contribution in [3.63, 3.8) is 0 Å². The molecule has 0 aliphatic carbocycles. The molecule has 7 nitrogen and oxygen atoms in total. The topological polar surface area (TPSA) is 91.0 Å². The second kappa shape index (κ2) is 8.94. The molecule has 1 spiro atoms. The van der Waals surface area contributed by atoms with Crippen molar-refractivity contribution < 1.29 is 33.2 Å². The summed E-state index contributed by atoms with van der Waals surface area (Å²) in [5, 5.41) is 33.2. The van der Waals surface area contributed by atoms with Crippen molar-refractivity contribution >= 4 is 11.3 Å². The van der Waals surface area contributed by atoms with Gasteiger partial charge in [-0.25, -0.2) is 0 Å². The molecule has 0 bridgehead atoms. The van der Waals surface area contributed by atoms with Crippen LogP contribution in [0.1, 0.15) is 53.1 Å². The Bertz CT molecular complexity index is 990. The van der Waals surface area contributed by atoms with Crippen LogP contribution in [-0.4, -0.2) is 61.4 Å². The lowest BCUT2D eigenvalue weighted by molar-refractivity contribution is -0.135. The van der Waals surface area contributed by atoms with Gasteiger partial charge in [0.05, 0.1) is 32.6 Å². The lowest BCUT2D eigenvalue weighted by Crippen LogP contribution is -2.50. The van der Waals surface area contributed by atoms with E-state index in [-0.39, 0.29) is 24.8 Å². The molecule has 0 aromatic carbocycles. The number of aromatic nitrogens is 2. The van der Waals surface area contributed by atoms with Crippen LogP contribution in [0, 0.1) is 0 Å². The number of fused-ring (bicyclic) bond motifs is 2. The van der Waals surface area contributed by atoms with E-state index in [0.29, 0.717) is 49.4 Å². The van der Waals surface area contributed by atoms with Crippen LogP contribution in [-0.2, 0) is 42.6 Å². The van der Waals surface area contributed by atoms with Crippen LogP contribution in [0.4, 0.5) is 13.2 Å². The first kappa shape index (κ1) is 24.6. The summed E-state index contributed by atoms with van der Waals surface area (Å²) in [4.78, 5) is 2.16. The van der Waals surface area contributed by atoms with Crippen LogP contribution in [0.25, 0.3) is 0 Å². The van der Waals surface area contributed by atoms with Gasteiger partial charge in [-0.2, -0.15) is 18.3 Å². The molecule has 1 unspecified atom stereocenters. The molecule has 4 rings (SSSR count). The standard InChI is InChI=1S/C22H30F3N3O4S/c1-14-7-21(18-16(3-6-32-21)17(11-29)19(33-18)22(23,24)25)4-5-27(14)9-15-8-26-28(10-15)12-20(2,31)13-30/h8,10,14,29-31H,3-7,9,11-13H2,1-2H3/t14-,20?,21+/m0/s1. The zero-order valence-corrected chi connectivity index (χ0v) is 19.5. The van der Waals surface area contributed by atoms with Gasteiger partial charge >= 0.3 is 6.18 Å².